The van der Waals surface area contributed by atoms with Crippen LogP contribution in [0.25, 0.3) is 11.0 Å². The maximum absolute atomic E-state index is 9.00. The topological polar surface area (TPSA) is 91.7 Å². The summed E-state index contributed by atoms with van der Waals surface area (Å²) in [4.78, 5) is 4.46. The monoisotopic (exact) mass is 428 g/mol. The fourth-order valence-corrected chi connectivity index (χ4v) is 4.19. The number of hydrogen-bond acceptors (Lipinski definition) is 6. The average molecular weight is 429 g/mol. The molecule has 7 nitrogen and oxygen atoms in total. The highest BCUT2D eigenvalue weighted by Gasteiger charge is 2.23. The van der Waals surface area contributed by atoms with Gasteiger partial charge in [-0.3, -0.25) is 4.68 Å². The van der Waals surface area contributed by atoms with Crippen LogP contribution in [0.15, 0.2) is 27.2 Å². The highest BCUT2D eigenvalue weighted by molar-refractivity contribution is 9.10. The number of hydrogen-bond donors (Lipinski definition) is 2. The van der Waals surface area contributed by atoms with E-state index in [1.54, 1.807) is 12.3 Å². The minimum atomic E-state index is 0.293. The lowest BCUT2D eigenvalue weighted by molar-refractivity contribution is 0.426. The average Bonchev–Trinajstić information content (AvgIpc) is 3.22. The zero-order chi connectivity index (χ0) is 19.0. The molecule has 27 heavy (non-hydrogen) atoms. The van der Waals surface area contributed by atoms with Crippen molar-refractivity contribution < 1.29 is 4.42 Å². The summed E-state index contributed by atoms with van der Waals surface area (Å²) in [7, 11) is 1.97. The molecule has 3 heterocycles. The van der Waals surface area contributed by atoms with Crippen molar-refractivity contribution in [3.8, 4) is 6.07 Å². The third-order valence-electron chi connectivity index (χ3n) is 5.05. The van der Waals surface area contributed by atoms with Gasteiger partial charge in [-0.15, -0.1) is 0 Å². The van der Waals surface area contributed by atoms with Gasteiger partial charge in [0.1, 0.15) is 17.7 Å². The van der Waals surface area contributed by atoms with Gasteiger partial charge < -0.3 is 15.1 Å². The maximum Gasteiger partial charge on any atom is 0.204 e. The molecule has 3 aromatic heterocycles. The van der Waals surface area contributed by atoms with E-state index >= 15 is 0 Å². The highest BCUT2D eigenvalue weighted by Crippen LogP contribution is 2.33. The molecule has 0 aromatic carbocycles. The van der Waals surface area contributed by atoms with Crippen LogP contribution in [0, 0.1) is 18.3 Å². The summed E-state index contributed by atoms with van der Waals surface area (Å²) in [6.07, 6.45) is 5.98. The molecule has 0 amide bonds. The predicted octanol–water partition coefficient (Wildman–Crippen LogP) is 4.34. The van der Waals surface area contributed by atoms with Crippen molar-refractivity contribution in [3.63, 3.8) is 0 Å². The zero-order valence-corrected chi connectivity index (χ0v) is 16.9. The number of fused-ring (bicyclic) bond motifs is 1. The Morgan fingerprint density at radius 2 is 1.93 bits per heavy atom. The standard InChI is InChI=1S/C19H21BrN6O/c1-11-7-17(26(2)25-11)23-12-3-5-13(6-4-12)24-19-18(20)15-8-14(9-21)27-16(15)10-22-19/h7-8,10,12-13,23H,3-6H2,1-2H3,(H,22,24). The van der Waals surface area contributed by atoms with Crippen molar-refractivity contribution in [1.82, 2.24) is 14.8 Å². The molecule has 0 atom stereocenters. The van der Waals surface area contributed by atoms with E-state index < -0.39 is 0 Å². The number of rotatable bonds is 4. The lowest BCUT2D eigenvalue weighted by atomic mass is 9.91. The Kier molecular flexibility index (Phi) is 4.79. The Labute approximate surface area is 165 Å². The number of nitrogens with one attached hydrogen (secondary N) is 2. The Bertz CT molecular complexity index is 1010. The zero-order valence-electron chi connectivity index (χ0n) is 15.3. The number of furan rings is 1. The molecule has 1 saturated carbocycles. The van der Waals surface area contributed by atoms with Crippen molar-refractivity contribution in [3.05, 3.63) is 34.3 Å². The van der Waals surface area contributed by atoms with E-state index in [0.717, 1.165) is 52.9 Å². The first kappa shape index (κ1) is 17.9. The quantitative estimate of drug-likeness (QED) is 0.641. The van der Waals surface area contributed by atoms with Gasteiger partial charge in [0.2, 0.25) is 5.76 Å². The van der Waals surface area contributed by atoms with Gasteiger partial charge in [0.05, 0.1) is 16.4 Å². The third-order valence-corrected chi connectivity index (χ3v) is 5.85. The van der Waals surface area contributed by atoms with Gasteiger partial charge in [0.25, 0.3) is 0 Å². The minimum Gasteiger partial charge on any atom is -0.444 e. The fourth-order valence-electron chi connectivity index (χ4n) is 3.67. The largest absolute Gasteiger partial charge is 0.444 e. The van der Waals surface area contributed by atoms with Gasteiger partial charge >= 0.3 is 0 Å². The molecule has 2 N–H and O–H groups in total. The van der Waals surface area contributed by atoms with Gasteiger partial charge in [-0.2, -0.15) is 10.4 Å². The first-order valence-corrected chi connectivity index (χ1v) is 9.84. The molecule has 0 unspecified atom stereocenters. The van der Waals surface area contributed by atoms with Crippen molar-refractivity contribution in [1.29, 1.82) is 5.26 Å². The van der Waals surface area contributed by atoms with Crippen molar-refractivity contribution in [2.45, 2.75) is 44.7 Å². The number of nitrogens with zero attached hydrogens (tertiary/aromatic N) is 4. The van der Waals surface area contributed by atoms with Crippen LogP contribution in [0.5, 0.6) is 0 Å². The molecule has 0 radical (unpaired) electrons. The number of nitriles is 1. The molecule has 0 bridgehead atoms. The molecular formula is C19H21BrN6O. The summed E-state index contributed by atoms with van der Waals surface area (Å²) in [5.41, 5.74) is 1.64. The lowest BCUT2D eigenvalue weighted by Crippen LogP contribution is -2.33. The molecule has 1 aliphatic carbocycles. The van der Waals surface area contributed by atoms with Gasteiger partial charge in [0.15, 0.2) is 5.58 Å². The van der Waals surface area contributed by atoms with Crippen LogP contribution in [0.1, 0.15) is 37.1 Å². The summed E-state index contributed by atoms with van der Waals surface area (Å²) < 4.78 is 8.17. The summed E-state index contributed by atoms with van der Waals surface area (Å²) in [6.45, 7) is 2.01. The lowest BCUT2D eigenvalue weighted by Gasteiger charge is -2.30. The molecule has 8 heteroatoms. The van der Waals surface area contributed by atoms with E-state index in [1.807, 2.05) is 24.7 Å². The molecule has 140 valence electrons. The second-order valence-corrected chi connectivity index (χ2v) is 7.85. The molecular weight excluding hydrogens is 408 g/mol. The van der Waals surface area contributed by atoms with E-state index in [1.165, 1.54) is 0 Å². The van der Waals surface area contributed by atoms with Gasteiger partial charge in [-0.1, -0.05) is 0 Å². The smallest absolute Gasteiger partial charge is 0.204 e. The molecule has 4 rings (SSSR count). The normalized spacial score (nSPS) is 19.8. The van der Waals surface area contributed by atoms with Crippen LogP contribution < -0.4 is 10.6 Å². The third kappa shape index (κ3) is 3.65. The Morgan fingerprint density at radius 1 is 1.22 bits per heavy atom. The van der Waals surface area contributed by atoms with Crippen LogP contribution in [0.3, 0.4) is 0 Å². The van der Waals surface area contributed by atoms with E-state index in [2.05, 4.69) is 42.7 Å². The summed E-state index contributed by atoms with van der Waals surface area (Å²) in [5.74, 6) is 2.17. The molecule has 1 aliphatic rings. The first-order chi connectivity index (χ1) is 13.0. The maximum atomic E-state index is 9.00. The van der Waals surface area contributed by atoms with Crippen LogP contribution in [-0.4, -0.2) is 26.8 Å². The number of aryl methyl sites for hydroxylation is 2. The van der Waals surface area contributed by atoms with Crippen LogP contribution in [-0.2, 0) is 7.05 Å². The Morgan fingerprint density at radius 3 is 2.56 bits per heavy atom. The van der Waals surface area contributed by atoms with Crippen LogP contribution in [0.4, 0.5) is 11.6 Å². The SMILES string of the molecule is Cc1cc(NC2CCC(Nc3ncc4oc(C#N)cc4c3Br)CC2)n(C)n1. The predicted molar refractivity (Wildman–Crippen MR) is 108 cm³/mol. The number of aromatic nitrogens is 3. The van der Waals surface area contributed by atoms with E-state index in [9.17, 15) is 0 Å². The molecule has 3 aromatic rings. The Balaban J connectivity index is 1.39. The summed E-state index contributed by atoms with van der Waals surface area (Å²) in [5, 5.41) is 21.4. The molecule has 0 spiro atoms. The second kappa shape index (κ2) is 7.24. The molecule has 0 aliphatic heterocycles. The fraction of sp³-hybridized carbons (Fsp3) is 0.421. The highest BCUT2D eigenvalue weighted by atomic mass is 79.9. The first-order valence-electron chi connectivity index (χ1n) is 9.05. The number of pyridine rings is 1. The van der Waals surface area contributed by atoms with Gasteiger partial charge in [0, 0.05) is 36.7 Å². The Hall–Kier alpha value is -2.53. The summed E-state index contributed by atoms with van der Waals surface area (Å²) >= 11 is 3.60. The van der Waals surface area contributed by atoms with E-state index in [-0.39, 0.29) is 0 Å². The molecule has 1 fully saturated rings. The van der Waals surface area contributed by atoms with E-state index in [4.69, 9.17) is 9.68 Å². The van der Waals surface area contributed by atoms with Crippen molar-refractivity contribution >= 4 is 38.5 Å². The van der Waals surface area contributed by atoms with Crippen LogP contribution >= 0.6 is 15.9 Å². The van der Waals surface area contributed by atoms with E-state index in [0.29, 0.717) is 23.4 Å². The van der Waals surface area contributed by atoms with Gasteiger partial charge in [-0.25, -0.2) is 4.98 Å². The number of anilines is 2. The number of halogens is 1. The van der Waals surface area contributed by atoms with Crippen molar-refractivity contribution in [2.75, 3.05) is 10.6 Å². The minimum absolute atomic E-state index is 0.293. The van der Waals surface area contributed by atoms with Crippen molar-refractivity contribution in [2.24, 2.45) is 7.05 Å². The summed E-state index contributed by atoms with van der Waals surface area (Å²) in [6, 6.07) is 6.69. The van der Waals surface area contributed by atoms with Gasteiger partial charge in [-0.05, 0) is 48.5 Å². The molecule has 0 saturated heterocycles. The second-order valence-electron chi connectivity index (χ2n) is 7.05. The van der Waals surface area contributed by atoms with Crippen LogP contribution in [0.2, 0.25) is 0 Å².